The molecule has 1 heterocycles. The molecule has 1 fully saturated rings. The molecule has 0 saturated carbocycles. The van der Waals surface area contributed by atoms with Gasteiger partial charge in [0.05, 0.1) is 4.87 Å². The lowest BCUT2D eigenvalue weighted by molar-refractivity contribution is -0.140. The van der Waals surface area contributed by atoms with Gasteiger partial charge in [-0.25, -0.2) is 0 Å². The number of carboxylic acid groups (broad SMARTS) is 1. The van der Waals surface area contributed by atoms with E-state index in [1.165, 1.54) is 0 Å². The molecule has 1 aliphatic rings. The van der Waals surface area contributed by atoms with Crippen molar-refractivity contribution in [3.63, 3.8) is 0 Å². The Bertz CT molecular complexity index is 236. The van der Waals surface area contributed by atoms with E-state index in [0.717, 1.165) is 12.8 Å². The van der Waals surface area contributed by atoms with Gasteiger partial charge in [0.15, 0.2) is 0 Å². The second-order valence-electron chi connectivity index (χ2n) is 4.30. The van der Waals surface area contributed by atoms with Crippen molar-refractivity contribution in [2.75, 3.05) is 0 Å². The van der Waals surface area contributed by atoms with Crippen LogP contribution in [0.15, 0.2) is 0 Å². The zero-order chi connectivity index (χ0) is 11.0. The number of thioether (sulfide) groups is 1. The van der Waals surface area contributed by atoms with Crippen molar-refractivity contribution in [3.05, 3.63) is 0 Å². The molecule has 82 valence electrons. The number of carbonyl (C=O) groups is 1. The highest BCUT2D eigenvalue weighted by atomic mass is 32.2. The Morgan fingerprint density at radius 2 is 1.93 bits per heavy atom. The van der Waals surface area contributed by atoms with Crippen LogP contribution in [0.3, 0.4) is 0 Å². The Kier molecular flexibility index (Phi) is 3.17. The van der Waals surface area contributed by atoms with Crippen LogP contribution in [0.1, 0.15) is 40.5 Å². The van der Waals surface area contributed by atoms with Crippen molar-refractivity contribution in [1.82, 2.24) is 5.32 Å². The molecule has 1 atom stereocenters. The number of aliphatic carboxylic acids is 1. The van der Waals surface area contributed by atoms with Gasteiger partial charge in [-0.2, -0.15) is 0 Å². The average Bonchev–Trinajstić information content (AvgIpc) is 2.38. The second-order valence-corrected chi connectivity index (χ2v) is 6.34. The number of carboxylic acids is 1. The van der Waals surface area contributed by atoms with Crippen LogP contribution in [0.25, 0.3) is 0 Å². The first-order valence-electron chi connectivity index (χ1n) is 5.07. The van der Waals surface area contributed by atoms with Gasteiger partial charge >= 0.3 is 5.97 Å². The van der Waals surface area contributed by atoms with Crippen LogP contribution in [-0.2, 0) is 4.79 Å². The smallest absolute Gasteiger partial charge is 0.322 e. The van der Waals surface area contributed by atoms with Gasteiger partial charge in [-0.1, -0.05) is 13.8 Å². The van der Waals surface area contributed by atoms with Crippen molar-refractivity contribution in [3.8, 4) is 0 Å². The molecule has 1 saturated heterocycles. The molecular formula is C10H19NO2S. The summed E-state index contributed by atoms with van der Waals surface area (Å²) in [4.78, 5) is 11.0. The molecule has 0 radical (unpaired) electrons. The second kappa shape index (κ2) is 3.74. The van der Waals surface area contributed by atoms with Gasteiger partial charge in [-0.3, -0.25) is 10.1 Å². The van der Waals surface area contributed by atoms with Gasteiger partial charge in [-0.05, 0) is 26.7 Å². The highest BCUT2D eigenvalue weighted by Crippen LogP contribution is 2.48. The lowest BCUT2D eigenvalue weighted by Crippen LogP contribution is -2.48. The summed E-state index contributed by atoms with van der Waals surface area (Å²) in [6.07, 6.45) is 1.78. The Morgan fingerprint density at radius 3 is 2.21 bits per heavy atom. The normalized spacial score (nSPS) is 29.0. The number of hydrogen-bond donors (Lipinski definition) is 2. The summed E-state index contributed by atoms with van der Waals surface area (Å²) in [7, 11) is 0. The van der Waals surface area contributed by atoms with E-state index in [0.29, 0.717) is 0 Å². The van der Waals surface area contributed by atoms with E-state index < -0.39 is 12.0 Å². The highest BCUT2D eigenvalue weighted by molar-refractivity contribution is 8.02. The van der Waals surface area contributed by atoms with Crippen LogP contribution in [0.5, 0.6) is 0 Å². The molecule has 0 aliphatic carbocycles. The van der Waals surface area contributed by atoms with Gasteiger partial charge in [0, 0.05) is 4.75 Å². The van der Waals surface area contributed by atoms with Crippen molar-refractivity contribution in [1.29, 1.82) is 0 Å². The summed E-state index contributed by atoms with van der Waals surface area (Å²) >= 11 is 1.76. The zero-order valence-corrected chi connectivity index (χ0v) is 10.1. The van der Waals surface area contributed by atoms with Gasteiger partial charge in [0.25, 0.3) is 0 Å². The monoisotopic (exact) mass is 217 g/mol. The maximum absolute atomic E-state index is 11.1. The maximum atomic E-state index is 11.1. The van der Waals surface area contributed by atoms with E-state index in [1.54, 1.807) is 11.8 Å². The van der Waals surface area contributed by atoms with Crippen LogP contribution >= 0.6 is 11.8 Å². The quantitative estimate of drug-likeness (QED) is 0.760. The van der Waals surface area contributed by atoms with E-state index in [4.69, 9.17) is 5.11 Å². The molecule has 1 aliphatic heterocycles. The molecule has 4 heteroatoms. The Hall–Kier alpha value is -0.220. The van der Waals surface area contributed by atoms with Crippen molar-refractivity contribution in [2.45, 2.75) is 56.2 Å². The third-order valence-corrected chi connectivity index (χ3v) is 4.77. The zero-order valence-electron chi connectivity index (χ0n) is 9.26. The third-order valence-electron chi connectivity index (χ3n) is 2.92. The minimum absolute atomic E-state index is 0.130. The van der Waals surface area contributed by atoms with Gasteiger partial charge < -0.3 is 5.11 Å². The summed E-state index contributed by atoms with van der Waals surface area (Å²) in [5.74, 6) is -0.730. The molecule has 3 nitrogen and oxygen atoms in total. The average molecular weight is 217 g/mol. The molecule has 0 aromatic heterocycles. The van der Waals surface area contributed by atoms with E-state index in [1.807, 2.05) is 13.8 Å². The Morgan fingerprint density at radius 1 is 1.43 bits per heavy atom. The van der Waals surface area contributed by atoms with Crippen LogP contribution in [-0.4, -0.2) is 26.7 Å². The minimum atomic E-state index is -0.730. The van der Waals surface area contributed by atoms with Crippen LogP contribution < -0.4 is 5.32 Å². The lowest BCUT2D eigenvalue weighted by Gasteiger charge is -2.29. The summed E-state index contributed by atoms with van der Waals surface area (Å²) in [6.45, 7) is 8.21. The fourth-order valence-corrected chi connectivity index (χ4v) is 3.92. The standard InChI is InChI=1S/C10H19NO2S/c1-5-10(6-2)7(8(12)13)11-9(3,4)14-10/h7,11H,5-6H2,1-4H3,(H,12,13). The fourth-order valence-electron chi connectivity index (χ4n) is 2.17. The molecule has 0 aromatic carbocycles. The van der Waals surface area contributed by atoms with Gasteiger partial charge in [-0.15, -0.1) is 11.8 Å². The largest absolute Gasteiger partial charge is 0.480 e. The first kappa shape index (κ1) is 11.9. The summed E-state index contributed by atoms with van der Waals surface area (Å²) in [5, 5.41) is 12.4. The van der Waals surface area contributed by atoms with Crippen molar-refractivity contribution >= 4 is 17.7 Å². The molecular weight excluding hydrogens is 198 g/mol. The molecule has 1 unspecified atom stereocenters. The van der Waals surface area contributed by atoms with Crippen molar-refractivity contribution in [2.24, 2.45) is 0 Å². The minimum Gasteiger partial charge on any atom is -0.480 e. The predicted molar refractivity (Wildman–Crippen MR) is 59.5 cm³/mol. The van der Waals surface area contributed by atoms with E-state index in [2.05, 4.69) is 19.2 Å². The molecule has 0 bridgehead atoms. The van der Waals surface area contributed by atoms with E-state index >= 15 is 0 Å². The topological polar surface area (TPSA) is 49.3 Å². The summed E-state index contributed by atoms with van der Waals surface area (Å²) in [5.41, 5.74) is 0. The van der Waals surface area contributed by atoms with Gasteiger partial charge in [0.1, 0.15) is 6.04 Å². The maximum Gasteiger partial charge on any atom is 0.322 e. The van der Waals surface area contributed by atoms with Gasteiger partial charge in [0.2, 0.25) is 0 Å². The fraction of sp³-hybridized carbons (Fsp3) is 0.900. The summed E-state index contributed by atoms with van der Waals surface area (Å²) in [6, 6.07) is -0.419. The lowest BCUT2D eigenvalue weighted by atomic mass is 9.93. The first-order chi connectivity index (χ1) is 6.37. The van der Waals surface area contributed by atoms with Crippen molar-refractivity contribution < 1.29 is 9.90 Å². The molecule has 0 aromatic rings. The third kappa shape index (κ3) is 1.91. The highest BCUT2D eigenvalue weighted by Gasteiger charge is 2.52. The first-order valence-corrected chi connectivity index (χ1v) is 5.89. The number of nitrogens with one attached hydrogen (secondary N) is 1. The number of hydrogen-bond acceptors (Lipinski definition) is 3. The van der Waals surface area contributed by atoms with E-state index in [-0.39, 0.29) is 9.62 Å². The van der Waals surface area contributed by atoms with Crippen LogP contribution in [0, 0.1) is 0 Å². The number of rotatable bonds is 3. The molecule has 2 N–H and O–H groups in total. The molecule has 0 amide bonds. The van der Waals surface area contributed by atoms with E-state index in [9.17, 15) is 4.79 Å². The Balaban J connectivity index is 2.97. The Labute approximate surface area is 89.6 Å². The molecule has 0 spiro atoms. The van der Waals surface area contributed by atoms with Crippen LogP contribution in [0.2, 0.25) is 0 Å². The molecule has 14 heavy (non-hydrogen) atoms. The summed E-state index contributed by atoms with van der Waals surface area (Å²) < 4.78 is -0.144. The molecule has 1 rings (SSSR count). The predicted octanol–water partition coefficient (Wildman–Crippen LogP) is 2.07. The SMILES string of the molecule is CCC1(CC)SC(C)(C)NC1C(=O)O. The van der Waals surface area contributed by atoms with Crippen LogP contribution in [0.4, 0.5) is 0 Å².